The highest BCUT2D eigenvalue weighted by Crippen LogP contribution is 2.33. The van der Waals surface area contributed by atoms with Crippen molar-refractivity contribution in [1.29, 1.82) is 0 Å². The number of aromatic nitrogens is 3. The van der Waals surface area contributed by atoms with Gasteiger partial charge in [0.15, 0.2) is 5.82 Å². The smallest absolute Gasteiger partial charge is 0.152 e. The number of nitrogen functional groups attached to an aromatic ring is 1. The van der Waals surface area contributed by atoms with Crippen molar-refractivity contribution in [2.75, 3.05) is 18.8 Å². The van der Waals surface area contributed by atoms with Gasteiger partial charge < -0.3 is 10.3 Å². The molecular weight excluding hydrogens is 402 g/mol. The first-order chi connectivity index (χ1) is 15.2. The summed E-state index contributed by atoms with van der Waals surface area (Å²) in [6, 6.07) is 11.2. The average Bonchev–Trinajstić information content (AvgIpc) is 3.39. The second-order valence-corrected chi connectivity index (χ2v) is 9.62. The zero-order valence-electron chi connectivity index (χ0n) is 18.3. The minimum Gasteiger partial charge on any atom is -0.382 e. The minimum absolute atomic E-state index is 0.536. The van der Waals surface area contributed by atoms with Gasteiger partial charge in [0.25, 0.3) is 0 Å². The summed E-state index contributed by atoms with van der Waals surface area (Å²) < 4.78 is 3.56. The molecule has 0 saturated carbocycles. The van der Waals surface area contributed by atoms with E-state index in [-0.39, 0.29) is 0 Å². The van der Waals surface area contributed by atoms with Crippen molar-refractivity contribution >= 4 is 38.4 Å². The van der Waals surface area contributed by atoms with Gasteiger partial charge in [-0.3, -0.25) is 4.90 Å². The summed E-state index contributed by atoms with van der Waals surface area (Å²) in [5.74, 6) is 1.65. The van der Waals surface area contributed by atoms with Crippen molar-refractivity contribution in [1.82, 2.24) is 19.4 Å². The molecule has 0 aliphatic carbocycles. The predicted molar refractivity (Wildman–Crippen MR) is 131 cm³/mol. The van der Waals surface area contributed by atoms with Gasteiger partial charge in [-0.1, -0.05) is 44.0 Å². The maximum absolute atomic E-state index is 6.31. The van der Waals surface area contributed by atoms with Gasteiger partial charge in [0.1, 0.15) is 11.3 Å². The van der Waals surface area contributed by atoms with Crippen LogP contribution >= 0.6 is 11.3 Å². The van der Waals surface area contributed by atoms with Crippen LogP contribution in [-0.4, -0.2) is 32.5 Å². The molecule has 1 aromatic carbocycles. The van der Waals surface area contributed by atoms with Gasteiger partial charge in [-0.05, 0) is 54.9 Å². The maximum Gasteiger partial charge on any atom is 0.152 e. The first-order valence-corrected chi connectivity index (χ1v) is 12.4. The van der Waals surface area contributed by atoms with Crippen LogP contribution in [0.5, 0.6) is 0 Å². The zero-order valence-corrected chi connectivity index (χ0v) is 19.1. The Morgan fingerprint density at radius 2 is 1.71 bits per heavy atom. The number of thiophene rings is 1. The molecule has 1 aliphatic heterocycles. The van der Waals surface area contributed by atoms with Gasteiger partial charge in [0.2, 0.25) is 0 Å². The molecule has 6 heteroatoms. The molecule has 0 spiro atoms. The van der Waals surface area contributed by atoms with Crippen molar-refractivity contribution in [3.63, 3.8) is 0 Å². The molecule has 4 heterocycles. The van der Waals surface area contributed by atoms with Crippen molar-refractivity contribution in [3.05, 3.63) is 52.7 Å². The quantitative estimate of drug-likeness (QED) is 0.412. The van der Waals surface area contributed by atoms with E-state index in [1.807, 2.05) is 6.07 Å². The van der Waals surface area contributed by atoms with Crippen LogP contribution in [0.3, 0.4) is 0 Å². The number of hydrogen-bond donors (Lipinski definition) is 1. The number of rotatable bonds is 7. The third kappa shape index (κ3) is 4.19. The average molecular weight is 434 g/mol. The van der Waals surface area contributed by atoms with E-state index in [2.05, 4.69) is 51.0 Å². The van der Waals surface area contributed by atoms with Gasteiger partial charge in [-0.25, -0.2) is 9.97 Å². The Morgan fingerprint density at radius 1 is 0.968 bits per heavy atom. The Balaban J connectivity index is 1.47. The molecule has 5 rings (SSSR count). The minimum atomic E-state index is 0.536. The second-order valence-electron chi connectivity index (χ2n) is 8.70. The third-order valence-corrected chi connectivity index (χ3v) is 7.27. The van der Waals surface area contributed by atoms with Gasteiger partial charge >= 0.3 is 0 Å². The van der Waals surface area contributed by atoms with Crippen molar-refractivity contribution in [2.24, 2.45) is 0 Å². The van der Waals surface area contributed by atoms with Crippen molar-refractivity contribution in [2.45, 2.75) is 58.5 Å². The lowest BCUT2D eigenvalue weighted by molar-refractivity contribution is 0.221. The molecule has 0 radical (unpaired) electrons. The molecule has 0 unspecified atom stereocenters. The van der Waals surface area contributed by atoms with E-state index in [0.717, 1.165) is 54.7 Å². The molecule has 4 aromatic rings. The number of aryl methyl sites for hydroxylation is 1. The van der Waals surface area contributed by atoms with E-state index in [4.69, 9.17) is 10.7 Å². The number of hydrogen-bond acceptors (Lipinski definition) is 5. The number of likely N-dealkylation sites (tertiary alicyclic amines) is 1. The van der Waals surface area contributed by atoms with E-state index >= 15 is 0 Å². The number of benzene rings is 1. The molecule has 1 saturated heterocycles. The monoisotopic (exact) mass is 433 g/mol. The molecule has 31 heavy (non-hydrogen) atoms. The fraction of sp³-hybridized carbons (Fsp3) is 0.440. The van der Waals surface area contributed by atoms with Crippen LogP contribution in [0.2, 0.25) is 0 Å². The summed E-state index contributed by atoms with van der Waals surface area (Å²) in [6.07, 6.45) is 7.29. The van der Waals surface area contributed by atoms with E-state index in [1.54, 1.807) is 11.3 Å². The summed E-state index contributed by atoms with van der Waals surface area (Å²) in [7, 11) is 0. The zero-order chi connectivity index (χ0) is 21.2. The predicted octanol–water partition coefficient (Wildman–Crippen LogP) is 5.61. The lowest BCUT2D eigenvalue weighted by atomic mass is 10.1. The second kappa shape index (κ2) is 8.97. The van der Waals surface area contributed by atoms with Gasteiger partial charge in [0, 0.05) is 19.5 Å². The molecule has 0 atom stereocenters. The Hall–Kier alpha value is -2.44. The van der Waals surface area contributed by atoms with Gasteiger partial charge in [-0.2, -0.15) is 0 Å². The fourth-order valence-electron chi connectivity index (χ4n) is 4.66. The molecule has 1 aliphatic rings. The van der Waals surface area contributed by atoms with E-state index in [9.17, 15) is 0 Å². The summed E-state index contributed by atoms with van der Waals surface area (Å²) in [5, 5.41) is 2.09. The molecule has 3 aromatic heterocycles. The number of nitrogens with two attached hydrogens (primary N) is 1. The molecule has 162 valence electrons. The topological polar surface area (TPSA) is 60.0 Å². The normalized spacial score (nSPS) is 15.3. The summed E-state index contributed by atoms with van der Waals surface area (Å²) in [6.45, 7) is 6.57. The van der Waals surface area contributed by atoms with Crippen molar-refractivity contribution < 1.29 is 0 Å². The SMILES string of the molecule is CCCCc1nc2c(N)nc3ccsc3c2n1Cc1ccc(CN2CCCCC2)cc1. The number of fused-ring (bicyclic) bond motifs is 3. The van der Waals surface area contributed by atoms with Gasteiger partial charge in [-0.15, -0.1) is 11.3 Å². The molecular formula is C25H31N5S. The molecule has 0 amide bonds. The number of imidazole rings is 1. The Kier molecular flexibility index (Phi) is 5.92. The Labute approximate surface area is 187 Å². The van der Waals surface area contributed by atoms with Crippen LogP contribution in [0.4, 0.5) is 5.82 Å². The molecule has 2 N–H and O–H groups in total. The summed E-state index contributed by atoms with van der Waals surface area (Å²) in [5.41, 5.74) is 12.0. The Morgan fingerprint density at radius 3 is 2.45 bits per heavy atom. The van der Waals surface area contributed by atoms with Crippen LogP contribution in [0.1, 0.15) is 56.0 Å². The number of anilines is 1. The van der Waals surface area contributed by atoms with E-state index in [0.29, 0.717) is 5.82 Å². The highest BCUT2D eigenvalue weighted by molar-refractivity contribution is 7.18. The number of pyridine rings is 1. The molecule has 5 nitrogen and oxygen atoms in total. The third-order valence-electron chi connectivity index (χ3n) is 6.36. The number of nitrogens with zero attached hydrogens (tertiary/aromatic N) is 4. The fourth-order valence-corrected chi connectivity index (χ4v) is 5.55. The largest absolute Gasteiger partial charge is 0.382 e. The number of piperidine rings is 1. The Bertz CT molecular complexity index is 1170. The highest BCUT2D eigenvalue weighted by Gasteiger charge is 2.18. The summed E-state index contributed by atoms with van der Waals surface area (Å²) in [4.78, 5) is 12.1. The van der Waals surface area contributed by atoms with Crippen LogP contribution in [0.25, 0.3) is 21.3 Å². The molecule has 1 fully saturated rings. The van der Waals surface area contributed by atoms with Crippen LogP contribution in [-0.2, 0) is 19.5 Å². The van der Waals surface area contributed by atoms with Crippen LogP contribution in [0, 0.1) is 0 Å². The highest BCUT2D eigenvalue weighted by atomic mass is 32.1. The maximum atomic E-state index is 6.31. The molecule has 0 bridgehead atoms. The van der Waals surface area contributed by atoms with Crippen LogP contribution < -0.4 is 5.73 Å². The van der Waals surface area contributed by atoms with E-state index < -0.39 is 0 Å². The van der Waals surface area contributed by atoms with Crippen LogP contribution in [0.15, 0.2) is 35.7 Å². The van der Waals surface area contributed by atoms with E-state index in [1.165, 1.54) is 48.2 Å². The first kappa shape index (κ1) is 20.5. The summed E-state index contributed by atoms with van der Waals surface area (Å²) >= 11 is 1.72. The number of unbranched alkanes of at least 4 members (excludes halogenated alkanes) is 1. The first-order valence-electron chi connectivity index (χ1n) is 11.5. The van der Waals surface area contributed by atoms with Crippen molar-refractivity contribution in [3.8, 4) is 0 Å². The van der Waals surface area contributed by atoms with Gasteiger partial charge in [0.05, 0.1) is 15.7 Å². The lowest BCUT2D eigenvalue weighted by Crippen LogP contribution is -2.29. The lowest BCUT2D eigenvalue weighted by Gasteiger charge is -2.26. The standard InChI is InChI=1S/C25H31N5S/c1-2-3-7-21-28-22-23(24-20(12-15-31-24)27-25(22)26)30(21)17-19-10-8-18(9-11-19)16-29-13-5-4-6-14-29/h8-12,15H,2-7,13-14,16-17H2,1H3,(H2,26,27).